The standard InChI is InChI=1S/C26H20N6O/c1-15(18-8-4-6-16-5-2-3-7-19(16)18)28-26(33)25-29-22-13-20-21(14-23(22)30-25)31-32-24(20)17-9-11-27-12-10-17/h2-15,31-32H,1H3,(H,28,33). The molecule has 0 saturated heterocycles. The lowest BCUT2D eigenvalue weighted by molar-refractivity contribution is 0.0931. The summed E-state index contributed by atoms with van der Waals surface area (Å²) in [4.78, 5) is 26.1. The Morgan fingerprint density at radius 1 is 0.879 bits per heavy atom. The van der Waals surface area contributed by atoms with Crippen molar-refractivity contribution in [2.24, 2.45) is 0 Å². The highest BCUT2D eigenvalue weighted by atomic mass is 16.2. The summed E-state index contributed by atoms with van der Waals surface area (Å²) in [6.07, 6.45) is 3.50. The molecule has 0 saturated carbocycles. The predicted molar refractivity (Wildman–Crippen MR) is 129 cm³/mol. The summed E-state index contributed by atoms with van der Waals surface area (Å²) in [6, 6.07) is 21.8. The van der Waals surface area contributed by atoms with Crippen LogP contribution in [0.15, 0.2) is 79.1 Å². The molecule has 0 aliphatic heterocycles. The van der Waals surface area contributed by atoms with Gasteiger partial charge in [-0.25, -0.2) is 9.97 Å². The lowest BCUT2D eigenvalue weighted by Crippen LogP contribution is -2.27. The van der Waals surface area contributed by atoms with E-state index in [0.717, 1.165) is 38.5 Å². The molecule has 1 atom stereocenters. The first-order valence-corrected chi connectivity index (χ1v) is 10.7. The zero-order chi connectivity index (χ0) is 22.4. The van der Waals surface area contributed by atoms with E-state index in [-0.39, 0.29) is 17.8 Å². The number of aromatic amines is 2. The second-order valence-corrected chi connectivity index (χ2v) is 8.06. The summed E-state index contributed by atoms with van der Waals surface area (Å²) < 4.78 is 0. The molecule has 160 valence electrons. The zero-order valence-electron chi connectivity index (χ0n) is 17.8. The lowest BCUT2D eigenvalue weighted by atomic mass is 10.00. The number of hydrogen-bond acceptors (Lipinski definition) is 4. The minimum atomic E-state index is -0.295. The number of fused-ring (bicyclic) bond motifs is 3. The highest BCUT2D eigenvalue weighted by Crippen LogP contribution is 2.29. The van der Waals surface area contributed by atoms with E-state index in [4.69, 9.17) is 0 Å². The van der Waals surface area contributed by atoms with Crippen molar-refractivity contribution in [2.45, 2.75) is 13.0 Å². The van der Waals surface area contributed by atoms with Crippen LogP contribution >= 0.6 is 0 Å². The molecule has 3 aromatic heterocycles. The van der Waals surface area contributed by atoms with E-state index in [2.05, 4.69) is 48.7 Å². The molecule has 3 N–H and O–H groups in total. The Morgan fingerprint density at radius 2 is 1.64 bits per heavy atom. The molecule has 1 amide bonds. The molecule has 3 aromatic carbocycles. The van der Waals surface area contributed by atoms with E-state index in [1.807, 2.05) is 55.5 Å². The fraction of sp³-hybridized carbons (Fsp3) is 0.0769. The van der Waals surface area contributed by atoms with Gasteiger partial charge in [-0.1, -0.05) is 42.5 Å². The Kier molecular flexibility index (Phi) is 4.40. The highest BCUT2D eigenvalue weighted by Gasteiger charge is 2.19. The zero-order valence-corrected chi connectivity index (χ0v) is 17.8. The second-order valence-electron chi connectivity index (χ2n) is 8.06. The van der Waals surface area contributed by atoms with Crippen LogP contribution in [0, 0.1) is 0 Å². The Labute approximate surface area is 188 Å². The van der Waals surface area contributed by atoms with Gasteiger partial charge in [-0.2, -0.15) is 0 Å². The number of aromatic nitrogens is 5. The van der Waals surface area contributed by atoms with Crippen molar-refractivity contribution in [2.75, 3.05) is 0 Å². The maximum absolute atomic E-state index is 13.0. The monoisotopic (exact) mass is 432 g/mol. The Bertz CT molecular complexity index is 1630. The molecule has 3 heterocycles. The quantitative estimate of drug-likeness (QED) is 0.359. The third-order valence-electron chi connectivity index (χ3n) is 5.97. The van der Waals surface area contributed by atoms with Crippen LogP contribution < -0.4 is 5.32 Å². The SMILES string of the molecule is CC(NC(=O)c1nc2cc3[nH][nH]c(-c4ccncc4)c3cc2n1)c1cccc2ccccc12. The number of pyridine rings is 1. The molecule has 6 rings (SSSR count). The maximum Gasteiger partial charge on any atom is 0.289 e. The van der Waals surface area contributed by atoms with E-state index < -0.39 is 0 Å². The molecule has 7 heteroatoms. The summed E-state index contributed by atoms with van der Waals surface area (Å²) >= 11 is 0. The Balaban J connectivity index is 1.32. The number of amides is 1. The van der Waals surface area contributed by atoms with Crippen LogP contribution in [0.5, 0.6) is 0 Å². The fourth-order valence-electron chi connectivity index (χ4n) is 4.33. The number of H-pyrrole nitrogens is 2. The number of carbonyl (C=O) groups excluding carboxylic acids is 1. The highest BCUT2D eigenvalue weighted by molar-refractivity contribution is 6.02. The van der Waals surface area contributed by atoms with Gasteiger partial charge in [0, 0.05) is 23.3 Å². The fourth-order valence-corrected chi connectivity index (χ4v) is 4.33. The number of carbonyl (C=O) groups is 1. The smallest absolute Gasteiger partial charge is 0.289 e. The van der Waals surface area contributed by atoms with Gasteiger partial charge in [0.25, 0.3) is 5.91 Å². The largest absolute Gasteiger partial charge is 0.343 e. The van der Waals surface area contributed by atoms with Crippen LogP contribution in [0.3, 0.4) is 0 Å². The molecule has 0 aliphatic carbocycles. The van der Waals surface area contributed by atoms with Crippen molar-refractivity contribution in [3.63, 3.8) is 0 Å². The third-order valence-corrected chi connectivity index (χ3v) is 5.97. The van der Waals surface area contributed by atoms with Gasteiger partial charge < -0.3 is 10.4 Å². The van der Waals surface area contributed by atoms with Crippen molar-refractivity contribution in [3.05, 3.63) is 90.5 Å². The number of nitrogens with zero attached hydrogens (tertiary/aromatic N) is 3. The first-order valence-electron chi connectivity index (χ1n) is 10.7. The van der Waals surface area contributed by atoms with Crippen LogP contribution in [0.2, 0.25) is 0 Å². The third kappa shape index (κ3) is 3.30. The van der Waals surface area contributed by atoms with Crippen molar-refractivity contribution < 1.29 is 4.79 Å². The minimum Gasteiger partial charge on any atom is -0.343 e. The van der Waals surface area contributed by atoms with Gasteiger partial charge in [-0.05, 0) is 47.5 Å². The normalized spacial score (nSPS) is 12.4. The minimum absolute atomic E-state index is 0.166. The first-order chi connectivity index (χ1) is 16.2. The van der Waals surface area contributed by atoms with Crippen LogP contribution in [0.1, 0.15) is 29.1 Å². The van der Waals surface area contributed by atoms with E-state index in [9.17, 15) is 4.79 Å². The Morgan fingerprint density at radius 3 is 2.48 bits per heavy atom. The molecule has 1 unspecified atom stereocenters. The van der Waals surface area contributed by atoms with Gasteiger partial charge in [0.05, 0.1) is 28.3 Å². The van der Waals surface area contributed by atoms with Crippen LogP contribution in [0.25, 0.3) is 44.0 Å². The van der Waals surface area contributed by atoms with Gasteiger partial charge in [0.1, 0.15) is 0 Å². The number of rotatable bonds is 4. The summed E-state index contributed by atoms with van der Waals surface area (Å²) in [5.74, 6) is -0.129. The molecular formula is C26H20N6O. The maximum atomic E-state index is 13.0. The predicted octanol–water partition coefficient (Wildman–Crippen LogP) is 5.15. The van der Waals surface area contributed by atoms with Crippen molar-refractivity contribution in [1.82, 2.24) is 30.5 Å². The van der Waals surface area contributed by atoms with Crippen LogP contribution in [-0.4, -0.2) is 31.1 Å². The molecular weight excluding hydrogens is 412 g/mol. The van der Waals surface area contributed by atoms with Crippen molar-refractivity contribution in [1.29, 1.82) is 0 Å². The average molecular weight is 432 g/mol. The summed E-state index contributed by atoms with van der Waals surface area (Å²) in [5.41, 5.74) is 5.24. The van der Waals surface area contributed by atoms with Gasteiger partial charge in [-0.3, -0.25) is 14.9 Å². The number of nitrogens with one attached hydrogen (secondary N) is 3. The summed E-state index contributed by atoms with van der Waals surface area (Å²) in [7, 11) is 0. The van der Waals surface area contributed by atoms with E-state index >= 15 is 0 Å². The van der Waals surface area contributed by atoms with Gasteiger partial charge in [0.15, 0.2) is 0 Å². The Hall–Kier alpha value is -4.52. The molecule has 33 heavy (non-hydrogen) atoms. The molecule has 0 spiro atoms. The van der Waals surface area contributed by atoms with Crippen LogP contribution in [-0.2, 0) is 0 Å². The van der Waals surface area contributed by atoms with Crippen molar-refractivity contribution in [3.8, 4) is 11.3 Å². The molecule has 7 nitrogen and oxygen atoms in total. The van der Waals surface area contributed by atoms with Gasteiger partial charge in [-0.15, -0.1) is 0 Å². The number of hydrogen-bond donors (Lipinski definition) is 3. The lowest BCUT2D eigenvalue weighted by Gasteiger charge is -2.15. The average Bonchev–Trinajstić information content (AvgIpc) is 3.46. The first kappa shape index (κ1) is 19.2. The summed E-state index contributed by atoms with van der Waals surface area (Å²) in [6.45, 7) is 1.97. The van der Waals surface area contributed by atoms with Crippen LogP contribution in [0.4, 0.5) is 0 Å². The van der Waals surface area contributed by atoms with E-state index in [1.54, 1.807) is 12.4 Å². The number of benzene rings is 3. The van der Waals surface area contributed by atoms with Crippen molar-refractivity contribution >= 4 is 38.6 Å². The molecule has 0 bridgehead atoms. The molecule has 0 fully saturated rings. The van der Waals surface area contributed by atoms with E-state index in [0.29, 0.717) is 11.0 Å². The van der Waals surface area contributed by atoms with E-state index in [1.165, 1.54) is 0 Å². The van der Waals surface area contributed by atoms with Gasteiger partial charge >= 0.3 is 0 Å². The molecule has 0 radical (unpaired) electrons. The molecule has 6 aromatic rings. The second kappa shape index (κ2) is 7.56. The number of imidazole rings is 1. The summed E-state index contributed by atoms with van der Waals surface area (Å²) in [5, 5.41) is 12.7. The molecule has 0 aliphatic rings. The topological polar surface area (TPSA) is 99.3 Å². The van der Waals surface area contributed by atoms with Gasteiger partial charge in [0.2, 0.25) is 5.82 Å².